The zero-order chi connectivity index (χ0) is 14.5. The van der Waals surface area contributed by atoms with Gasteiger partial charge in [0.1, 0.15) is 6.61 Å². The molecule has 0 aliphatic rings. The monoisotopic (exact) mass is 268 g/mol. The predicted octanol–water partition coefficient (Wildman–Crippen LogP) is 0.533. The van der Waals surface area contributed by atoms with Crippen LogP contribution in [0, 0.1) is 5.41 Å². The molecular formula is C13H16O6. The van der Waals surface area contributed by atoms with Gasteiger partial charge in [-0.25, -0.2) is 9.59 Å². The Hall–Kier alpha value is -1.92. The van der Waals surface area contributed by atoms with Gasteiger partial charge in [-0.15, -0.1) is 0 Å². The van der Waals surface area contributed by atoms with Crippen LogP contribution in [0.1, 0.15) is 27.6 Å². The first-order valence-electron chi connectivity index (χ1n) is 5.65. The number of benzene rings is 1. The number of aromatic carboxylic acids is 1. The third-order valence-corrected chi connectivity index (χ3v) is 2.69. The van der Waals surface area contributed by atoms with Crippen LogP contribution in [0.15, 0.2) is 24.3 Å². The molecule has 3 N–H and O–H groups in total. The summed E-state index contributed by atoms with van der Waals surface area (Å²) in [5.74, 6) is -2.02. The summed E-state index contributed by atoms with van der Waals surface area (Å²) in [4.78, 5) is 22.8. The van der Waals surface area contributed by atoms with Gasteiger partial charge in [0.05, 0.1) is 24.3 Å². The maximum absolute atomic E-state index is 11.8. The highest BCUT2D eigenvalue weighted by atomic mass is 16.5. The molecule has 0 bridgehead atoms. The first-order chi connectivity index (χ1) is 8.93. The lowest BCUT2D eigenvalue weighted by Gasteiger charge is -2.23. The molecule has 0 spiro atoms. The number of carbonyl (C=O) groups excluding carboxylic acids is 1. The number of hydrogen-bond acceptors (Lipinski definition) is 5. The molecule has 0 heterocycles. The van der Waals surface area contributed by atoms with Crippen LogP contribution >= 0.6 is 0 Å². The van der Waals surface area contributed by atoms with Crippen LogP contribution in [-0.4, -0.2) is 47.1 Å². The minimum Gasteiger partial charge on any atom is -0.478 e. The largest absolute Gasteiger partial charge is 0.478 e. The van der Waals surface area contributed by atoms with Gasteiger partial charge in [-0.05, 0) is 12.1 Å². The number of carbonyl (C=O) groups is 2. The number of aliphatic hydroxyl groups excluding tert-OH is 2. The molecule has 0 saturated carbocycles. The van der Waals surface area contributed by atoms with Crippen molar-refractivity contribution in [2.24, 2.45) is 5.41 Å². The van der Waals surface area contributed by atoms with Crippen LogP contribution < -0.4 is 0 Å². The summed E-state index contributed by atoms with van der Waals surface area (Å²) in [5, 5.41) is 27.1. The van der Waals surface area contributed by atoms with E-state index in [1.54, 1.807) is 6.92 Å². The molecule has 1 rings (SSSR count). The summed E-state index contributed by atoms with van der Waals surface area (Å²) in [7, 11) is 0. The van der Waals surface area contributed by atoms with Crippen LogP contribution in [0.5, 0.6) is 0 Å². The normalized spacial score (nSPS) is 11.1. The summed E-state index contributed by atoms with van der Waals surface area (Å²) in [6.07, 6.45) is 0. The fourth-order valence-corrected chi connectivity index (χ4v) is 1.31. The van der Waals surface area contributed by atoms with Crippen LogP contribution in [0.25, 0.3) is 0 Å². The van der Waals surface area contributed by atoms with E-state index < -0.39 is 17.4 Å². The molecular weight excluding hydrogens is 252 g/mol. The molecule has 0 aromatic heterocycles. The number of ether oxygens (including phenoxy) is 1. The van der Waals surface area contributed by atoms with Crippen molar-refractivity contribution in [3.8, 4) is 0 Å². The highest BCUT2D eigenvalue weighted by Crippen LogP contribution is 2.17. The second kappa shape index (κ2) is 6.31. The molecule has 0 atom stereocenters. The second-order valence-corrected chi connectivity index (χ2v) is 4.55. The van der Waals surface area contributed by atoms with Crippen molar-refractivity contribution < 1.29 is 29.6 Å². The van der Waals surface area contributed by atoms with Crippen molar-refractivity contribution in [3.63, 3.8) is 0 Å². The molecule has 0 radical (unpaired) electrons. The quantitative estimate of drug-likeness (QED) is 0.650. The minimum absolute atomic E-state index is 0.0618. The van der Waals surface area contributed by atoms with Gasteiger partial charge in [0.15, 0.2) is 0 Å². The number of rotatable bonds is 6. The zero-order valence-electron chi connectivity index (χ0n) is 10.5. The molecule has 0 amide bonds. The predicted molar refractivity (Wildman–Crippen MR) is 66.0 cm³/mol. The Kier molecular flexibility index (Phi) is 5.02. The average Bonchev–Trinajstić information content (AvgIpc) is 2.44. The lowest BCUT2D eigenvalue weighted by molar-refractivity contribution is -0.00645. The fourth-order valence-electron chi connectivity index (χ4n) is 1.31. The average molecular weight is 268 g/mol. The van der Waals surface area contributed by atoms with Crippen LogP contribution in [0.2, 0.25) is 0 Å². The minimum atomic E-state index is -1.22. The zero-order valence-corrected chi connectivity index (χ0v) is 10.5. The molecule has 6 heteroatoms. The van der Waals surface area contributed by atoms with Gasteiger partial charge >= 0.3 is 11.9 Å². The van der Waals surface area contributed by atoms with Crippen LogP contribution in [-0.2, 0) is 4.74 Å². The molecule has 19 heavy (non-hydrogen) atoms. The molecule has 1 aromatic rings. The Labute approximate surface area is 110 Å². The van der Waals surface area contributed by atoms with Gasteiger partial charge in [-0.1, -0.05) is 19.1 Å². The van der Waals surface area contributed by atoms with E-state index in [4.69, 9.17) is 20.1 Å². The lowest BCUT2D eigenvalue weighted by atomic mass is 9.94. The Bertz CT molecular complexity index is 464. The molecule has 0 saturated heterocycles. The molecule has 1 aromatic carbocycles. The number of aliphatic hydroxyl groups is 2. The summed E-state index contributed by atoms with van der Waals surface area (Å²) >= 11 is 0. The Morgan fingerprint density at radius 3 is 2.16 bits per heavy atom. The van der Waals surface area contributed by atoms with E-state index in [9.17, 15) is 9.59 Å². The Morgan fingerprint density at radius 1 is 1.16 bits per heavy atom. The van der Waals surface area contributed by atoms with Gasteiger partial charge in [0.2, 0.25) is 0 Å². The number of hydrogen-bond donors (Lipinski definition) is 3. The third kappa shape index (κ3) is 3.77. The fraction of sp³-hybridized carbons (Fsp3) is 0.385. The summed E-state index contributed by atoms with van der Waals surface area (Å²) < 4.78 is 4.94. The van der Waals surface area contributed by atoms with Crippen molar-refractivity contribution >= 4 is 11.9 Å². The molecule has 0 aliphatic heterocycles. The van der Waals surface area contributed by atoms with E-state index in [0.717, 1.165) is 0 Å². The smallest absolute Gasteiger partial charge is 0.339 e. The summed E-state index contributed by atoms with van der Waals surface area (Å²) in [5.41, 5.74) is -1.16. The Morgan fingerprint density at radius 2 is 1.68 bits per heavy atom. The first kappa shape index (κ1) is 15.1. The summed E-state index contributed by atoms with van der Waals surface area (Å²) in [6.45, 7) is 0.644. The van der Waals surface area contributed by atoms with Gasteiger partial charge < -0.3 is 20.1 Å². The van der Waals surface area contributed by atoms with Gasteiger partial charge in [-0.2, -0.15) is 0 Å². The number of esters is 1. The molecule has 104 valence electrons. The van der Waals surface area contributed by atoms with Crippen molar-refractivity contribution in [2.45, 2.75) is 6.92 Å². The molecule has 6 nitrogen and oxygen atoms in total. The molecule has 0 unspecified atom stereocenters. The SMILES string of the molecule is CC(CO)(CO)COC(=O)c1ccccc1C(=O)O. The van der Waals surface area contributed by atoms with Crippen molar-refractivity contribution in [1.29, 1.82) is 0 Å². The van der Waals surface area contributed by atoms with E-state index in [1.807, 2.05) is 0 Å². The topological polar surface area (TPSA) is 104 Å². The van der Waals surface area contributed by atoms with Gasteiger partial charge in [0, 0.05) is 5.41 Å². The van der Waals surface area contributed by atoms with E-state index >= 15 is 0 Å². The van der Waals surface area contributed by atoms with E-state index in [2.05, 4.69) is 0 Å². The van der Waals surface area contributed by atoms with Crippen molar-refractivity contribution in [1.82, 2.24) is 0 Å². The van der Waals surface area contributed by atoms with Crippen LogP contribution in [0.3, 0.4) is 0 Å². The highest BCUT2D eigenvalue weighted by Gasteiger charge is 2.26. The van der Waals surface area contributed by atoms with Crippen molar-refractivity contribution in [3.05, 3.63) is 35.4 Å². The van der Waals surface area contributed by atoms with E-state index in [-0.39, 0.29) is 30.9 Å². The van der Waals surface area contributed by atoms with Crippen LogP contribution in [0.4, 0.5) is 0 Å². The van der Waals surface area contributed by atoms with E-state index in [1.165, 1.54) is 24.3 Å². The third-order valence-electron chi connectivity index (χ3n) is 2.69. The second-order valence-electron chi connectivity index (χ2n) is 4.55. The maximum atomic E-state index is 11.8. The van der Waals surface area contributed by atoms with E-state index in [0.29, 0.717) is 0 Å². The standard InChI is InChI=1S/C13H16O6/c1-13(6-14,7-15)8-19-12(18)10-5-3-2-4-9(10)11(16)17/h2-5,14-15H,6-8H2,1H3,(H,16,17). The van der Waals surface area contributed by atoms with Gasteiger partial charge in [-0.3, -0.25) is 0 Å². The van der Waals surface area contributed by atoms with Crippen molar-refractivity contribution in [2.75, 3.05) is 19.8 Å². The number of carboxylic acid groups (broad SMARTS) is 1. The molecule has 0 fully saturated rings. The first-order valence-corrected chi connectivity index (χ1v) is 5.65. The van der Waals surface area contributed by atoms with Gasteiger partial charge in [0.25, 0.3) is 0 Å². The maximum Gasteiger partial charge on any atom is 0.339 e. The number of carboxylic acids is 1. The molecule has 0 aliphatic carbocycles. The lowest BCUT2D eigenvalue weighted by Crippen LogP contribution is -2.33. The Balaban J connectivity index is 2.82. The summed E-state index contributed by atoms with van der Waals surface area (Å²) in [6, 6.07) is 5.68. The highest BCUT2D eigenvalue weighted by molar-refractivity contribution is 6.02.